The Morgan fingerprint density at radius 1 is 1.19 bits per heavy atom. The number of benzene rings is 1. The molecule has 0 saturated heterocycles. The maximum absolute atomic E-state index is 5.26. The van der Waals surface area contributed by atoms with Crippen molar-refractivity contribution in [3.8, 4) is 0 Å². The van der Waals surface area contributed by atoms with Crippen LogP contribution in [0.15, 0.2) is 12.1 Å². The first-order valence-corrected chi connectivity index (χ1v) is 5.66. The first-order chi connectivity index (χ1) is 7.45. The van der Waals surface area contributed by atoms with Crippen molar-refractivity contribution in [3.63, 3.8) is 0 Å². The summed E-state index contributed by atoms with van der Waals surface area (Å²) < 4.78 is 0. The quantitative estimate of drug-likeness (QED) is 0.610. The zero-order valence-corrected chi connectivity index (χ0v) is 11.3. The van der Waals surface area contributed by atoms with Gasteiger partial charge in [-0.25, -0.2) is 5.43 Å². The molecule has 4 heteroatoms. The van der Waals surface area contributed by atoms with Crippen LogP contribution in [0.4, 0.5) is 5.69 Å². The highest BCUT2D eigenvalue weighted by Crippen LogP contribution is 2.21. The van der Waals surface area contributed by atoms with E-state index in [4.69, 9.17) is 12.2 Å². The Labute approximate surface area is 103 Å². The van der Waals surface area contributed by atoms with Gasteiger partial charge in [-0.1, -0.05) is 17.7 Å². The highest BCUT2D eigenvalue weighted by atomic mass is 32.1. The first kappa shape index (κ1) is 12.9. The van der Waals surface area contributed by atoms with Gasteiger partial charge in [-0.2, -0.15) is 0 Å². The Balaban J connectivity index is 2.93. The van der Waals surface area contributed by atoms with Crippen LogP contribution in [0.5, 0.6) is 0 Å². The van der Waals surface area contributed by atoms with Crippen LogP contribution in [0.25, 0.3) is 0 Å². The third-order valence-corrected chi connectivity index (χ3v) is 2.92. The van der Waals surface area contributed by atoms with Crippen LogP contribution in [0.3, 0.4) is 0 Å². The minimum absolute atomic E-state index is 0.664. The van der Waals surface area contributed by atoms with E-state index in [-0.39, 0.29) is 0 Å². The average molecular weight is 237 g/mol. The second-order valence-electron chi connectivity index (χ2n) is 3.99. The summed E-state index contributed by atoms with van der Waals surface area (Å²) in [6, 6.07) is 4.30. The molecule has 0 spiro atoms. The molecule has 16 heavy (non-hydrogen) atoms. The lowest BCUT2D eigenvalue weighted by atomic mass is 10.1. The second kappa shape index (κ2) is 5.27. The lowest BCUT2D eigenvalue weighted by Gasteiger charge is -2.21. The first-order valence-electron chi connectivity index (χ1n) is 5.25. The van der Waals surface area contributed by atoms with Crippen LogP contribution in [-0.4, -0.2) is 24.2 Å². The number of hydrogen-bond acceptors (Lipinski definition) is 2. The molecule has 1 rings (SSSR count). The van der Waals surface area contributed by atoms with Crippen molar-refractivity contribution in [2.75, 3.05) is 19.4 Å². The Hall–Kier alpha value is -1.13. The van der Waals surface area contributed by atoms with Gasteiger partial charge in [0.25, 0.3) is 0 Å². The zero-order chi connectivity index (χ0) is 12.3. The molecule has 0 amide bonds. The van der Waals surface area contributed by atoms with Crippen LogP contribution in [-0.2, 0) is 0 Å². The number of nitrogens with one attached hydrogen (secondary N) is 2. The summed E-state index contributed by atoms with van der Waals surface area (Å²) in [5.74, 6) is 0. The van der Waals surface area contributed by atoms with Crippen LogP contribution in [0.2, 0.25) is 0 Å². The highest BCUT2D eigenvalue weighted by Gasteiger charge is 2.07. The molecule has 0 fully saturated rings. The van der Waals surface area contributed by atoms with E-state index in [2.05, 4.69) is 43.6 Å². The summed E-state index contributed by atoms with van der Waals surface area (Å²) in [6.07, 6.45) is 0. The van der Waals surface area contributed by atoms with Gasteiger partial charge in [0, 0.05) is 19.8 Å². The van der Waals surface area contributed by atoms with Crippen LogP contribution < -0.4 is 10.7 Å². The third-order valence-electron chi connectivity index (χ3n) is 2.55. The zero-order valence-electron chi connectivity index (χ0n) is 10.5. The normalized spacial score (nSPS) is 10.1. The van der Waals surface area contributed by atoms with E-state index in [9.17, 15) is 0 Å². The molecule has 0 bridgehead atoms. The van der Waals surface area contributed by atoms with Crippen molar-refractivity contribution in [1.29, 1.82) is 0 Å². The monoisotopic (exact) mass is 237 g/mol. The molecule has 0 aliphatic rings. The van der Waals surface area contributed by atoms with Gasteiger partial charge in [0.15, 0.2) is 5.11 Å². The average Bonchev–Trinajstić information content (AvgIpc) is 2.21. The van der Waals surface area contributed by atoms with Gasteiger partial charge in [-0.05, 0) is 44.1 Å². The Kier molecular flexibility index (Phi) is 4.26. The molecule has 0 atom stereocenters. The molecule has 0 radical (unpaired) electrons. The molecule has 0 aromatic heterocycles. The van der Waals surface area contributed by atoms with E-state index < -0.39 is 0 Å². The number of nitrogens with zero attached hydrogens (tertiary/aromatic N) is 1. The smallest absolute Gasteiger partial charge is 0.187 e. The fourth-order valence-electron chi connectivity index (χ4n) is 1.67. The van der Waals surface area contributed by atoms with Gasteiger partial charge >= 0.3 is 0 Å². The van der Waals surface area contributed by atoms with E-state index in [1.807, 2.05) is 14.1 Å². The molecule has 0 unspecified atom stereocenters. The Bertz CT molecular complexity index is 378. The Morgan fingerprint density at radius 2 is 1.69 bits per heavy atom. The summed E-state index contributed by atoms with van der Waals surface area (Å²) in [7, 11) is 3.72. The fourth-order valence-corrected chi connectivity index (χ4v) is 1.86. The molecule has 0 aliphatic heterocycles. The maximum Gasteiger partial charge on any atom is 0.187 e. The van der Waals surface area contributed by atoms with Gasteiger partial charge in [0.1, 0.15) is 0 Å². The number of anilines is 1. The summed E-state index contributed by atoms with van der Waals surface area (Å²) in [5, 5.41) is 5.69. The van der Waals surface area contributed by atoms with Crippen LogP contribution in [0, 0.1) is 20.8 Å². The fraction of sp³-hybridized carbons (Fsp3) is 0.417. The minimum atomic E-state index is 0.664. The van der Waals surface area contributed by atoms with Gasteiger partial charge in [-0.3, -0.25) is 5.01 Å². The lowest BCUT2D eigenvalue weighted by Crippen LogP contribution is -2.39. The maximum atomic E-state index is 5.26. The molecule has 2 N–H and O–H groups in total. The lowest BCUT2D eigenvalue weighted by molar-refractivity contribution is 0.415. The van der Waals surface area contributed by atoms with Gasteiger partial charge < -0.3 is 5.32 Å². The van der Waals surface area contributed by atoms with Crippen molar-refractivity contribution < 1.29 is 0 Å². The minimum Gasteiger partial charge on any atom is -0.331 e. The number of hydrogen-bond donors (Lipinski definition) is 2. The van der Waals surface area contributed by atoms with Crippen molar-refractivity contribution >= 4 is 23.0 Å². The molecule has 0 aliphatic carbocycles. The van der Waals surface area contributed by atoms with Crippen molar-refractivity contribution in [3.05, 3.63) is 28.8 Å². The predicted octanol–water partition coefficient (Wildman–Crippen LogP) is 2.37. The molecule has 1 aromatic carbocycles. The third kappa shape index (κ3) is 2.93. The van der Waals surface area contributed by atoms with Crippen molar-refractivity contribution in [1.82, 2.24) is 10.4 Å². The molecular formula is C12H19N3S. The van der Waals surface area contributed by atoms with E-state index in [1.54, 1.807) is 5.01 Å². The second-order valence-corrected chi connectivity index (χ2v) is 4.37. The number of hydrazine groups is 1. The molecule has 3 nitrogen and oxygen atoms in total. The van der Waals surface area contributed by atoms with Crippen LogP contribution >= 0.6 is 12.2 Å². The summed E-state index contributed by atoms with van der Waals surface area (Å²) in [4.78, 5) is 0. The molecule has 0 saturated carbocycles. The van der Waals surface area contributed by atoms with Crippen LogP contribution in [0.1, 0.15) is 16.7 Å². The van der Waals surface area contributed by atoms with E-state index >= 15 is 0 Å². The molecular weight excluding hydrogens is 218 g/mol. The topological polar surface area (TPSA) is 27.3 Å². The largest absolute Gasteiger partial charge is 0.331 e. The van der Waals surface area contributed by atoms with Gasteiger partial charge in [0.2, 0.25) is 0 Å². The van der Waals surface area contributed by atoms with E-state index in [0.717, 1.165) is 5.69 Å². The molecule has 0 heterocycles. The summed E-state index contributed by atoms with van der Waals surface area (Å²) in [6.45, 7) is 6.27. The standard InChI is InChI=1S/C12H19N3S/c1-8-6-9(2)11(10(3)7-8)14-12(16)15(5)13-4/h6-7,13H,1-5H3,(H,14,16). The van der Waals surface area contributed by atoms with E-state index in [1.165, 1.54) is 16.7 Å². The van der Waals surface area contributed by atoms with Gasteiger partial charge in [-0.15, -0.1) is 0 Å². The Morgan fingerprint density at radius 3 is 2.12 bits per heavy atom. The van der Waals surface area contributed by atoms with E-state index in [0.29, 0.717) is 5.11 Å². The SMILES string of the molecule is CNN(C)C(=S)Nc1c(C)cc(C)cc1C. The van der Waals surface area contributed by atoms with Crippen molar-refractivity contribution in [2.45, 2.75) is 20.8 Å². The predicted molar refractivity (Wildman–Crippen MR) is 73.7 cm³/mol. The number of thiocarbonyl (C=S) groups is 1. The summed E-state index contributed by atoms with van der Waals surface area (Å²) >= 11 is 5.26. The molecule has 1 aromatic rings. The molecule has 88 valence electrons. The van der Waals surface area contributed by atoms with Gasteiger partial charge in [0.05, 0.1) is 0 Å². The number of aryl methyl sites for hydroxylation is 3. The van der Waals surface area contributed by atoms with Crippen molar-refractivity contribution in [2.24, 2.45) is 0 Å². The highest BCUT2D eigenvalue weighted by molar-refractivity contribution is 7.80. The number of rotatable bonds is 2. The summed E-state index contributed by atoms with van der Waals surface area (Å²) in [5.41, 5.74) is 7.76.